The minimum atomic E-state index is 0.327. The second-order valence-electron chi connectivity index (χ2n) is 3.75. The summed E-state index contributed by atoms with van der Waals surface area (Å²) in [7, 11) is 0. The second-order valence-corrected chi connectivity index (χ2v) is 4.54. The van der Waals surface area contributed by atoms with Gasteiger partial charge in [-0.1, -0.05) is 6.07 Å². The third kappa shape index (κ3) is 1.55. The minimum absolute atomic E-state index is 0.327. The Labute approximate surface area is 92.3 Å². The predicted molar refractivity (Wildman–Crippen MR) is 60.3 cm³/mol. The van der Waals surface area contributed by atoms with Gasteiger partial charge in [0.25, 0.3) is 0 Å². The van der Waals surface area contributed by atoms with Crippen LogP contribution in [0.5, 0.6) is 5.75 Å². The molecule has 0 saturated heterocycles. The number of benzene rings is 1. The summed E-state index contributed by atoms with van der Waals surface area (Å²) in [6.07, 6.45) is 4.64. The lowest BCUT2D eigenvalue weighted by Gasteiger charge is -2.19. The third-order valence-corrected chi connectivity index (χ3v) is 3.71. The van der Waals surface area contributed by atoms with Crippen molar-refractivity contribution in [3.05, 3.63) is 27.2 Å². The molecule has 1 aliphatic carbocycles. The summed E-state index contributed by atoms with van der Waals surface area (Å²) in [6, 6.07) is 2.05. The molecule has 2 rings (SSSR count). The van der Waals surface area contributed by atoms with Crippen LogP contribution in [-0.4, -0.2) is 5.11 Å². The van der Waals surface area contributed by atoms with E-state index in [2.05, 4.69) is 22.0 Å². The number of phenolic OH excluding ortho intramolecular Hbond substituents is 1. The van der Waals surface area contributed by atoms with Gasteiger partial charge in [-0.25, -0.2) is 0 Å². The molecule has 0 amide bonds. The summed E-state index contributed by atoms with van der Waals surface area (Å²) in [5, 5.41) is 9.83. The van der Waals surface area contributed by atoms with Crippen LogP contribution in [0.25, 0.3) is 0 Å². The largest absolute Gasteiger partial charge is 0.506 e. The molecule has 0 spiro atoms. The first kappa shape index (κ1) is 9.99. The highest BCUT2D eigenvalue weighted by Crippen LogP contribution is 2.37. The van der Waals surface area contributed by atoms with Crippen LogP contribution in [0.4, 0.5) is 0 Å². The van der Waals surface area contributed by atoms with Crippen LogP contribution in [0.15, 0.2) is 10.5 Å². The van der Waals surface area contributed by atoms with E-state index in [-0.39, 0.29) is 0 Å². The van der Waals surface area contributed by atoms with Gasteiger partial charge in [0.05, 0.1) is 4.47 Å². The third-order valence-electron chi connectivity index (χ3n) is 2.86. The first-order valence-corrected chi connectivity index (χ1v) is 5.75. The molecule has 0 unspecified atom stereocenters. The van der Waals surface area contributed by atoms with Gasteiger partial charge in [-0.15, -0.1) is 0 Å². The molecule has 0 saturated carbocycles. The highest BCUT2D eigenvalue weighted by molar-refractivity contribution is 9.10. The molecule has 0 radical (unpaired) electrons. The lowest BCUT2D eigenvalue weighted by Crippen LogP contribution is -2.07. The molecule has 14 heavy (non-hydrogen) atoms. The zero-order chi connectivity index (χ0) is 10.1. The molecule has 0 aromatic heterocycles. The monoisotopic (exact) mass is 255 g/mol. The van der Waals surface area contributed by atoms with Crippen molar-refractivity contribution in [3.8, 4) is 5.75 Å². The van der Waals surface area contributed by atoms with Gasteiger partial charge < -0.3 is 10.8 Å². The minimum Gasteiger partial charge on any atom is -0.506 e. The lowest BCUT2D eigenvalue weighted by atomic mass is 9.90. The summed E-state index contributed by atoms with van der Waals surface area (Å²) in [5.41, 5.74) is 9.03. The van der Waals surface area contributed by atoms with Crippen molar-refractivity contribution < 1.29 is 5.11 Å². The summed E-state index contributed by atoms with van der Waals surface area (Å²) < 4.78 is 0.857. The van der Waals surface area contributed by atoms with Gasteiger partial charge in [-0.05, 0) is 52.7 Å². The van der Waals surface area contributed by atoms with E-state index < -0.39 is 0 Å². The SMILES string of the molecule is NCc1cc2c(c(Br)c1O)CCCC2. The number of fused-ring (bicyclic) bond motifs is 1. The van der Waals surface area contributed by atoms with E-state index in [9.17, 15) is 5.11 Å². The van der Waals surface area contributed by atoms with Gasteiger partial charge in [0.2, 0.25) is 0 Å². The summed E-state index contributed by atoms with van der Waals surface area (Å²) in [6.45, 7) is 0.401. The summed E-state index contributed by atoms with van der Waals surface area (Å²) >= 11 is 3.45. The van der Waals surface area contributed by atoms with Crippen LogP contribution in [0.2, 0.25) is 0 Å². The smallest absolute Gasteiger partial charge is 0.134 e. The lowest BCUT2D eigenvalue weighted by molar-refractivity contribution is 0.462. The number of rotatable bonds is 1. The van der Waals surface area contributed by atoms with E-state index in [1.807, 2.05) is 0 Å². The Morgan fingerprint density at radius 1 is 1.36 bits per heavy atom. The number of phenols is 1. The Balaban J connectivity index is 2.57. The number of hydrogen-bond donors (Lipinski definition) is 2. The highest BCUT2D eigenvalue weighted by atomic mass is 79.9. The van der Waals surface area contributed by atoms with Crippen LogP contribution in [0.3, 0.4) is 0 Å². The Morgan fingerprint density at radius 2 is 2.07 bits per heavy atom. The zero-order valence-electron chi connectivity index (χ0n) is 8.02. The van der Waals surface area contributed by atoms with Gasteiger partial charge in [0.15, 0.2) is 0 Å². The molecule has 1 aliphatic rings. The van der Waals surface area contributed by atoms with Crippen LogP contribution in [0.1, 0.15) is 29.5 Å². The Morgan fingerprint density at radius 3 is 2.79 bits per heavy atom. The molecule has 76 valence electrons. The van der Waals surface area contributed by atoms with Gasteiger partial charge in [-0.3, -0.25) is 0 Å². The van der Waals surface area contributed by atoms with Crippen LogP contribution < -0.4 is 5.73 Å². The van der Waals surface area contributed by atoms with E-state index in [4.69, 9.17) is 5.73 Å². The first-order chi connectivity index (χ1) is 6.74. The fraction of sp³-hybridized carbons (Fsp3) is 0.455. The maximum atomic E-state index is 9.83. The fourth-order valence-corrected chi connectivity index (χ4v) is 2.76. The van der Waals surface area contributed by atoms with Crippen LogP contribution in [-0.2, 0) is 19.4 Å². The number of nitrogens with two attached hydrogens (primary N) is 1. The number of halogens is 1. The van der Waals surface area contributed by atoms with Crippen molar-refractivity contribution in [2.75, 3.05) is 0 Å². The van der Waals surface area contributed by atoms with Crippen molar-refractivity contribution in [2.45, 2.75) is 32.2 Å². The quantitative estimate of drug-likeness (QED) is 0.810. The van der Waals surface area contributed by atoms with E-state index >= 15 is 0 Å². The molecule has 0 fully saturated rings. The highest BCUT2D eigenvalue weighted by Gasteiger charge is 2.17. The van der Waals surface area contributed by atoms with Crippen molar-refractivity contribution >= 4 is 15.9 Å². The molecule has 2 nitrogen and oxygen atoms in total. The maximum absolute atomic E-state index is 9.83. The molecular formula is C11H14BrNO. The van der Waals surface area contributed by atoms with Gasteiger partial charge in [0, 0.05) is 12.1 Å². The first-order valence-electron chi connectivity index (χ1n) is 4.96. The van der Waals surface area contributed by atoms with E-state index in [0.29, 0.717) is 12.3 Å². The topological polar surface area (TPSA) is 46.2 Å². The van der Waals surface area contributed by atoms with E-state index in [1.54, 1.807) is 0 Å². The van der Waals surface area contributed by atoms with Crippen molar-refractivity contribution in [1.29, 1.82) is 0 Å². The maximum Gasteiger partial charge on any atom is 0.134 e. The standard InChI is InChI=1S/C11H14BrNO/c12-10-9-4-2-1-3-7(9)5-8(6-13)11(10)14/h5,14H,1-4,6,13H2. The zero-order valence-corrected chi connectivity index (χ0v) is 9.60. The van der Waals surface area contributed by atoms with Gasteiger partial charge in [-0.2, -0.15) is 0 Å². The van der Waals surface area contributed by atoms with Crippen LogP contribution >= 0.6 is 15.9 Å². The summed E-state index contributed by atoms with van der Waals surface area (Å²) in [5.74, 6) is 0.327. The molecular weight excluding hydrogens is 242 g/mol. The molecule has 0 atom stereocenters. The molecule has 0 heterocycles. The average Bonchev–Trinajstić information content (AvgIpc) is 2.23. The normalized spacial score (nSPS) is 15.3. The molecule has 0 aliphatic heterocycles. The van der Waals surface area contributed by atoms with Gasteiger partial charge in [0.1, 0.15) is 5.75 Å². The number of hydrogen-bond acceptors (Lipinski definition) is 2. The van der Waals surface area contributed by atoms with Crippen molar-refractivity contribution in [2.24, 2.45) is 5.73 Å². The second kappa shape index (κ2) is 3.91. The van der Waals surface area contributed by atoms with Crippen molar-refractivity contribution in [1.82, 2.24) is 0 Å². The van der Waals surface area contributed by atoms with E-state index in [0.717, 1.165) is 22.9 Å². The summed E-state index contributed by atoms with van der Waals surface area (Å²) in [4.78, 5) is 0. The van der Waals surface area contributed by atoms with E-state index in [1.165, 1.54) is 24.0 Å². The van der Waals surface area contributed by atoms with Crippen LogP contribution in [0, 0.1) is 0 Å². The molecule has 3 N–H and O–H groups in total. The molecule has 1 aromatic rings. The number of aryl methyl sites for hydroxylation is 1. The molecule has 0 bridgehead atoms. The molecule has 3 heteroatoms. The predicted octanol–water partition coefficient (Wildman–Crippen LogP) is 2.49. The van der Waals surface area contributed by atoms with Crippen molar-refractivity contribution in [3.63, 3.8) is 0 Å². The fourth-order valence-electron chi connectivity index (χ4n) is 2.06. The average molecular weight is 256 g/mol. The number of aromatic hydroxyl groups is 1. The Hall–Kier alpha value is -0.540. The van der Waals surface area contributed by atoms with Gasteiger partial charge >= 0.3 is 0 Å². The molecule has 1 aromatic carbocycles. The Bertz CT molecular complexity index is 363. The Kier molecular flexibility index (Phi) is 2.79.